The van der Waals surface area contributed by atoms with E-state index in [1.54, 1.807) is 18.2 Å². The quantitative estimate of drug-likeness (QED) is 0.296. The van der Waals surface area contributed by atoms with Crippen molar-refractivity contribution in [2.75, 3.05) is 0 Å². The lowest BCUT2D eigenvalue weighted by Crippen LogP contribution is -2.19. The Labute approximate surface area is 181 Å². The van der Waals surface area contributed by atoms with Crippen LogP contribution in [0.2, 0.25) is 0 Å². The maximum absolute atomic E-state index is 12.0. The van der Waals surface area contributed by atoms with Crippen molar-refractivity contribution in [3.8, 4) is 5.75 Å². The third-order valence-electron chi connectivity index (χ3n) is 4.13. The molecule has 0 aliphatic carbocycles. The van der Waals surface area contributed by atoms with Gasteiger partial charge < -0.3 is 4.74 Å². The molecule has 3 rings (SSSR count). The van der Waals surface area contributed by atoms with Crippen molar-refractivity contribution in [3.05, 3.63) is 104 Å². The summed E-state index contributed by atoms with van der Waals surface area (Å²) in [5.74, 6) is 0.361. The number of hydrazone groups is 1. The molecule has 0 aromatic heterocycles. The lowest BCUT2D eigenvalue weighted by molar-refractivity contribution is -0.384. The number of ether oxygens (including phenoxy) is 1. The minimum absolute atomic E-state index is 0.0326. The first-order valence-electron chi connectivity index (χ1n) is 9.03. The predicted octanol–water partition coefficient (Wildman–Crippen LogP) is 4.63. The fourth-order valence-corrected chi connectivity index (χ4v) is 2.86. The van der Waals surface area contributed by atoms with E-state index in [2.05, 4.69) is 26.5 Å². The number of halogens is 1. The Hall–Kier alpha value is -3.52. The molecule has 3 aromatic rings. The van der Waals surface area contributed by atoms with Crippen LogP contribution >= 0.6 is 15.9 Å². The highest BCUT2D eigenvalue weighted by atomic mass is 79.9. The van der Waals surface area contributed by atoms with Gasteiger partial charge >= 0.3 is 0 Å². The standard InChI is InChI=1S/C22H18BrN3O4/c23-19-9-5-16(6-10-19)13-22(27)25-24-14-18-3-1-2-4-21(18)30-15-17-7-11-20(12-8-17)26(28)29/h1-12,14H,13,15H2,(H,25,27)/b24-14-. The van der Waals surface area contributed by atoms with Gasteiger partial charge in [-0.15, -0.1) is 0 Å². The maximum Gasteiger partial charge on any atom is 0.269 e. The number of nitro benzene ring substituents is 1. The number of benzene rings is 3. The molecule has 0 atom stereocenters. The Balaban J connectivity index is 1.57. The first-order chi connectivity index (χ1) is 14.5. The van der Waals surface area contributed by atoms with Crippen molar-refractivity contribution in [2.45, 2.75) is 13.0 Å². The highest BCUT2D eigenvalue weighted by Crippen LogP contribution is 2.19. The molecule has 0 spiro atoms. The lowest BCUT2D eigenvalue weighted by Gasteiger charge is -2.09. The maximum atomic E-state index is 12.0. The van der Waals surface area contributed by atoms with Crippen LogP contribution < -0.4 is 10.2 Å². The number of hydrogen-bond donors (Lipinski definition) is 1. The summed E-state index contributed by atoms with van der Waals surface area (Å²) in [6, 6.07) is 20.9. The van der Waals surface area contributed by atoms with E-state index in [0.29, 0.717) is 11.3 Å². The number of para-hydroxylation sites is 1. The van der Waals surface area contributed by atoms with Crippen LogP contribution in [-0.2, 0) is 17.8 Å². The summed E-state index contributed by atoms with van der Waals surface area (Å²) in [7, 11) is 0. The Morgan fingerprint density at radius 2 is 1.70 bits per heavy atom. The SMILES string of the molecule is O=C(Cc1ccc(Br)cc1)N/N=C\c1ccccc1OCc1ccc([N+](=O)[O-])cc1. The number of carbonyl (C=O) groups excluding carboxylic acids is 1. The Bertz CT molecular complexity index is 1050. The van der Waals surface area contributed by atoms with E-state index in [1.165, 1.54) is 18.3 Å². The topological polar surface area (TPSA) is 93.8 Å². The predicted molar refractivity (Wildman–Crippen MR) is 117 cm³/mol. The molecule has 0 saturated heterocycles. The smallest absolute Gasteiger partial charge is 0.269 e. The van der Waals surface area contributed by atoms with Crippen LogP contribution in [0.3, 0.4) is 0 Å². The molecular weight excluding hydrogens is 450 g/mol. The van der Waals surface area contributed by atoms with Crippen LogP contribution in [0, 0.1) is 10.1 Å². The van der Waals surface area contributed by atoms with Gasteiger partial charge in [0.05, 0.1) is 17.6 Å². The normalized spacial score (nSPS) is 10.7. The largest absolute Gasteiger partial charge is 0.488 e. The molecule has 30 heavy (non-hydrogen) atoms. The molecule has 1 amide bonds. The fraction of sp³-hybridized carbons (Fsp3) is 0.0909. The van der Waals surface area contributed by atoms with Crippen molar-refractivity contribution in [2.24, 2.45) is 5.10 Å². The van der Waals surface area contributed by atoms with Crippen molar-refractivity contribution >= 4 is 33.7 Å². The van der Waals surface area contributed by atoms with E-state index in [0.717, 1.165) is 15.6 Å². The molecule has 1 N–H and O–H groups in total. The first kappa shape index (κ1) is 21.2. The van der Waals surface area contributed by atoms with E-state index in [4.69, 9.17) is 4.74 Å². The minimum Gasteiger partial charge on any atom is -0.488 e. The second kappa shape index (κ2) is 10.3. The molecule has 0 unspecified atom stereocenters. The summed E-state index contributed by atoms with van der Waals surface area (Å²) in [6.45, 7) is 0.249. The number of carbonyl (C=O) groups is 1. The molecule has 152 valence electrons. The Morgan fingerprint density at radius 1 is 1.03 bits per heavy atom. The molecule has 0 bridgehead atoms. The van der Waals surface area contributed by atoms with Crippen LogP contribution in [0.4, 0.5) is 5.69 Å². The Morgan fingerprint density at radius 3 is 2.40 bits per heavy atom. The number of nitrogens with one attached hydrogen (secondary N) is 1. The second-order valence-corrected chi connectivity index (χ2v) is 7.26. The van der Waals surface area contributed by atoms with E-state index in [9.17, 15) is 14.9 Å². The van der Waals surface area contributed by atoms with Gasteiger partial charge in [0, 0.05) is 22.2 Å². The van der Waals surface area contributed by atoms with Gasteiger partial charge in [0.15, 0.2) is 0 Å². The third kappa shape index (κ3) is 6.25. The zero-order valence-corrected chi connectivity index (χ0v) is 17.4. The molecule has 8 heteroatoms. The van der Waals surface area contributed by atoms with Crippen molar-refractivity contribution in [1.29, 1.82) is 0 Å². The number of nitrogens with zero attached hydrogens (tertiary/aromatic N) is 2. The average Bonchev–Trinajstić information content (AvgIpc) is 2.75. The summed E-state index contributed by atoms with van der Waals surface area (Å²) in [4.78, 5) is 22.3. The van der Waals surface area contributed by atoms with E-state index < -0.39 is 4.92 Å². The highest BCUT2D eigenvalue weighted by molar-refractivity contribution is 9.10. The molecule has 0 fully saturated rings. The number of nitro groups is 1. The van der Waals surface area contributed by atoms with Gasteiger partial charge in [0.1, 0.15) is 12.4 Å². The van der Waals surface area contributed by atoms with Gasteiger partial charge in [-0.05, 0) is 47.5 Å². The zero-order chi connectivity index (χ0) is 21.3. The van der Waals surface area contributed by atoms with Crippen LogP contribution in [0.15, 0.2) is 82.4 Å². The van der Waals surface area contributed by atoms with Crippen LogP contribution in [0.25, 0.3) is 0 Å². The summed E-state index contributed by atoms with van der Waals surface area (Å²) in [5.41, 5.74) is 4.93. The first-order valence-corrected chi connectivity index (χ1v) is 9.82. The van der Waals surface area contributed by atoms with E-state index >= 15 is 0 Å². The number of rotatable bonds is 8. The van der Waals surface area contributed by atoms with Crippen LogP contribution in [0.1, 0.15) is 16.7 Å². The summed E-state index contributed by atoms with van der Waals surface area (Å²) < 4.78 is 6.76. The number of non-ortho nitro benzene ring substituents is 1. The van der Waals surface area contributed by atoms with Crippen molar-refractivity contribution in [3.63, 3.8) is 0 Å². The molecule has 0 heterocycles. The van der Waals surface area contributed by atoms with Gasteiger partial charge in [-0.1, -0.05) is 40.2 Å². The molecule has 0 saturated carbocycles. The van der Waals surface area contributed by atoms with Crippen molar-refractivity contribution in [1.82, 2.24) is 5.43 Å². The Kier molecular flexibility index (Phi) is 7.29. The minimum atomic E-state index is -0.443. The second-order valence-electron chi connectivity index (χ2n) is 6.35. The fourth-order valence-electron chi connectivity index (χ4n) is 2.59. The van der Waals surface area contributed by atoms with Crippen molar-refractivity contribution < 1.29 is 14.5 Å². The monoisotopic (exact) mass is 467 g/mol. The highest BCUT2D eigenvalue weighted by Gasteiger charge is 2.06. The molecule has 0 aliphatic heterocycles. The third-order valence-corrected chi connectivity index (χ3v) is 4.66. The molecule has 0 aliphatic rings. The summed E-state index contributed by atoms with van der Waals surface area (Å²) in [6.07, 6.45) is 1.74. The molecule has 0 radical (unpaired) electrons. The van der Waals surface area contributed by atoms with Gasteiger partial charge in [-0.2, -0.15) is 5.10 Å². The van der Waals surface area contributed by atoms with Gasteiger partial charge in [-0.3, -0.25) is 14.9 Å². The van der Waals surface area contributed by atoms with Gasteiger partial charge in [0.2, 0.25) is 5.91 Å². The summed E-state index contributed by atoms with van der Waals surface area (Å²) >= 11 is 3.36. The number of amides is 1. The lowest BCUT2D eigenvalue weighted by atomic mass is 10.1. The van der Waals surface area contributed by atoms with E-state index in [-0.39, 0.29) is 24.6 Å². The molecular formula is C22H18BrN3O4. The van der Waals surface area contributed by atoms with Gasteiger partial charge in [0.25, 0.3) is 5.69 Å². The molecule has 3 aromatic carbocycles. The van der Waals surface area contributed by atoms with Gasteiger partial charge in [-0.25, -0.2) is 5.43 Å². The average molecular weight is 468 g/mol. The van der Waals surface area contributed by atoms with Crippen LogP contribution in [-0.4, -0.2) is 17.0 Å². The van der Waals surface area contributed by atoms with E-state index in [1.807, 2.05) is 42.5 Å². The summed E-state index contributed by atoms with van der Waals surface area (Å²) in [5, 5.41) is 14.7. The molecule has 7 nitrogen and oxygen atoms in total. The van der Waals surface area contributed by atoms with Crippen LogP contribution in [0.5, 0.6) is 5.75 Å². The zero-order valence-electron chi connectivity index (χ0n) is 15.8. The number of hydrogen-bond acceptors (Lipinski definition) is 5.